The van der Waals surface area contributed by atoms with Crippen LogP contribution in [0.5, 0.6) is 0 Å². The molecule has 0 aliphatic rings. The summed E-state index contributed by atoms with van der Waals surface area (Å²) in [6.07, 6.45) is -1.01. The predicted molar refractivity (Wildman–Crippen MR) is 128 cm³/mol. The molecule has 7 nitrogen and oxygen atoms in total. The number of nitrogens with one attached hydrogen (secondary N) is 1. The number of amides is 1. The Bertz CT molecular complexity index is 1340. The van der Waals surface area contributed by atoms with E-state index in [1.165, 1.54) is 25.2 Å². The van der Waals surface area contributed by atoms with Crippen LogP contribution in [0.3, 0.4) is 0 Å². The average Bonchev–Trinajstić information content (AvgIpc) is 3.36. The molecule has 2 aromatic carbocycles. The van der Waals surface area contributed by atoms with E-state index in [9.17, 15) is 14.4 Å². The Labute approximate surface area is 195 Å². The second-order valence-electron chi connectivity index (χ2n) is 7.73. The van der Waals surface area contributed by atoms with Crippen LogP contribution in [0.15, 0.2) is 60.7 Å². The molecule has 168 valence electrons. The van der Waals surface area contributed by atoms with Crippen molar-refractivity contribution in [2.24, 2.45) is 0 Å². The molecular formula is C25H23N3O4S. The Morgan fingerprint density at radius 3 is 2.58 bits per heavy atom. The molecule has 8 heteroatoms. The van der Waals surface area contributed by atoms with Gasteiger partial charge < -0.3 is 10.1 Å². The summed E-state index contributed by atoms with van der Waals surface area (Å²) in [5.41, 5.74) is 2.89. The zero-order chi connectivity index (χ0) is 23.5. The number of rotatable bonds is 7. The van der Waals surface area contributed by atoms with Gasteiger partial charge in [-0.15, -0.1) is 11.3 Å². The molecular weight excluding hydrogens is 438 g/mol. The number of carbonyl (C=O) groups excluding carboxylic acids is 3. The van der Waals surface area contributed by atoms with E-state index in [-0.39, 0.29) is 5.78 Å². The van der Waals surface area contributed by atoms with Gasteiger partial charge in [0, 0.05) is 16.6 Å². The topological polar surface area (TPSA) is 90.3 Å². The number of anilines is 1. The highest BCUT2D eigenvalue weighted by molar-refractivity contribution is 7.20. The SMILES string of the molecule is CC(=O)c1cccc(NC(=O)C(C)OC(=O)c2cc3c(C)nn(Cc4ccccc4)c3s2)c1. The molecule has 0 aliphatic carbocycles. The normalized spacial score (nSPS) is 11.8. The number of Topliss-reactive ketones (excluding diaryl/α,β-unsaturated/α-hetero) is 1. The number of thiophene rings is 1. The number of benzene rings is 2. The number of aromatic nitrogens is 2. The lowest BCUT2D eigenvalue weighted by atomic mass is 10.1. The molecule has 0 aliphatic heterocycles. The van der Waals surface area contributed by atoms with E-state index in [1.54, 1.807) is 30.3 Å². The monoisotopic (exact) mass is 461 g/mol. The fraction of sp³-hybridized carbons (Fsp3) is 0.200. The number of nitrogens with zero attached hydrogens (tertiary/aromatic N) is 2. The summed E-state index contributed by atoms with van der Waals surface area (Å²) in [7, 11) is 0. The van der Waals surface area contributed by atoms with Crippen LogP contribution in [-0.4, -0.2) is 33.5 Å². The number of fused-ring (bicyclic) bond motifs is 1. The fourth-order valence-electron chi connectivity index (χ4n) is 3.41. The van der Waals surface area contributed by atoms with Crippen molar-refractivity contribution in [1.29, 1.82) is 0 Å². The molecule has 0 saturated carbocycles. The van der Waals surface area contributed by atoms with Crippen LogP contribution in [-0.2, 0) is 16.1 Å². The van der Waals surface area contributed by atoms with Crippen molar-refractivity contribution in [2.75, 3.05) is 5.32 Å². The largest absolute Gasteiger partial charge is 0.448 e. The molecule has 2 aromatic heterocycles. The molecule has 1 N–H and O–H groups in total. The van der Waals surface area contributed by atoms with Crippen LogP contribution in [0.2, 0.25) is 0 Å². The van der Waals surface area contributed by atoms with Gasteiger partial charge in [0.2, 0.25) is 0 Å². The van der Waals surface area contributed by atoms with Gasteiger partial charge in [-0.1, -0.05) is 42.5 Å². The maximum atomic E-state index is 12.7. The van der Waals surface area contributed by atoms with E-state index in [2.05, 4.69) is 10.4 Å². The van der Waals surface area contributed by atoms with Crippen molar-refractivity contribution in [3.8, 4) is 0 Å². The van der Waals surface area contributed by atoms with E-state index in [4.69, 9.17) is 4.74 Å². The highest BCUT2D eigenvalue weighted by atomic mass is 32.1. The molecule has 0 bridgehead atoms. The molecule has 33 heavy (non-hydrogen) atoms. The first-order valence-electron chi connectivity index (χ1n) is 10.5. The summed E-state index contributed by atoms with van der Waals surface area (Å²) in [5, 5.41) is 8.16. The summed E-state index contributed by atoms with van der Waals surface area (Å²) < 4.78 is 7.28. The van der Waals surface area contributed by atoms with Gasteiger partial charge in [0.1, 0.15) is 9.71 Å². The minimum atomic E-state index is -1.01. The van der Waals surface area contributed by atoms with Crippen LogP contribution in [0.25, 0.3) is 10.2 Å². The molecule has 4 aromatic rings. The molecule has 1 unspecified atom stereocenters. The van der Waals surface area contributed by atoms with Crippen LogP contribution in [0.1, 0.15) is 45.1 Å². The molecule has 2 heterocycles. The molecule has 1 amide bonds. The Hall–Kier alpha value is -3.78. The maximum Gasteiger partial charge on any atom is 0.349 e. The van der Waals surface area contributed by atoms with Crippen LogP contribution >= 0.6 is 11.3 Å². The number of ketones is 1. The standard InChI is InChI=1S/C25H23N3O4S/c1-15-21-13-22(33-24(21)28(27-15)14-18-8-5-4-6-9-18)25(31)32-17(3)23(30)26-20-11-7-10-19(12-20)16(2)29/h4-13,17H,14H2,1-3H3,(H,26,30). The first kappa shape index (κ1) is 22.4. The van der Waals surface area contributed by atoms with E-state index >= 15 is 0 Å². The van der Waals surface area contributed by atoms with Gasteiger partial charge in [-0.3, -0.25) is 14.3 Å². The number of ether oxygens (including phenoxy) is 1. The van der Waals surface area contributed by atoms with Crippen LogP contribution in [0, 0.1) is 6.92 Å². The van der Waals surface area contributed by atoms with Crippen LogP contribution < -0.4 is 5.32 Å². The van der Waals surface area contributed by atoms with Gasteiger partial charge in [-0.2, -0.15) is 5.10 Å². The third-order valence-electron chi connectivity index (χ3n) is 5.17. The summed E-state index contributed by atoms with van der Waals surface area (Å²) in [4.78, 5) is 38.1. The van der Waals surface area contributed by atoms with E-state index < -0.39 is 18.0 Å². The highest BCUT2D eigenvalue weighted by Gasteiger charge is 2.22. The molecule has 0 spiro atoms. The second kappa shape index (κ2) is 9.38. The third-order valence-corrected chi connectivity index (χ3v) is 6.30. The van der Waals surface area contributed by atoms with E-state index in [0.29, 0.717) is 22.7 Å². The summed E-state index contributed by atoms with van der Waals surface area (Å²) >= 11 is 1.29. The number of carbonyl (C=O) groups is 3. The van der Waals surface area contributed by atoms with Gasteiger partial charge in [0.05, 0.1) is 12.2 Å². The van der Waals surface area contributed by atoms with Gasteiger partial charge in [-0.05, 0) is 44.5 Å². The maximum absolute atomic E-state index is 12.7. The van der Waals surface area contributed by atoms with E-state index in [1.807, 2.05) is 41.9 Å². The van der Waals surface area contributed by atoms with Crippen molar-refractivity contribution in [3.63, 3.8) is 0 Å². The van der Waals surface area contributed by atoms with Gasteiger partial charge >= 0.3 is 5.97 Å². The average molecular weight is 462 g/mol. The third kappa shape index (κ3) is 5.01. The summed E-state index contributed by atoms with van der Waals surface area (Å²) in [6.45, 7) is 5.46. The van der Waals surface area contributed by atoms with Crippen LogP contribution in [0.4, 0.5) is 5.69 Å². The van der Waals surface area contributed by atoms with Crippen molar-refractivity contribution >= 4 is 44.9 Å². The number of aryl methyl sites for hydroxylation is 1. The number of hydrogen-bond acceptors (Lipinski definition) is 6. The fourth-order valence-corrected chi connectivity index (χ4v) is 4.45. The van der Waals surface area contributed by atoms with Gasteiger partial charge in [0.25, 0.3) is 5.91 Å². The van der Waals surface area contributed by atoms with Crippen molar-refractivity contribution in [1.82, 2.24) is 9.78 Å². The molecule has 1 atom stereocenters. The van der Waals surface area contributed by atoms with Crippen molar-refractivity contribution in [2.45, 2.75) is 33.4 Å². The molecule has 0 saturated heterocycles. The first-order chi connectivity index (χ1) is 15.8. The smallest absolute Gasteiger partial charge is 0.349 e. The number of hydrogen-bond donors (Lipinski definition) is 1. The first-order valence-corrected chi connectivity index (χ1v) is 11.3. The van der Waals surface area contributed by atoms with Crippen molar-refractivity contribution < 1.29 is 19.1 Å². The Morgan fingerprint density at radius 2 is 1.85 bits per heavy atom. The molecule has 4 rings (SSSR count). The van der Waals surface area contributed by atoms with E-state index in [0.717, 1.165) is 21.5 Å². The minimum Gasteiger partial charge on any atom is -0.448 e. The zero-order valence-corrected chi connectivity index (χ0v) is 19.3. The lowest BCUT2D eigenvalue weighted by Gasteiger charge is -2.13. The quantitative estimate of drug-likeness (QED) is 0.314. The lowest BCUT2D eigenvalue weighted by molar-refractivity contribution is -0.123. The Balaban J connectivity index is 1.46. The Kier molecular flexibility index (Phi) is 6.37. The minimum absolute atomic E-state index is 0.100. The highest BCUT2D eigenvalue weighted by Crippen LogP contribution is 2.29. The predicted octanol–water partition coefficient (Wildman–Crippen LogP) is 4.84. The Morgan fingerprint density at radius 1 is 1.09 bits per heavy atom. The van der Waals surface area contributed by atoms with Gasteiger partial charge in [-0.25, -0.2) is 4.79 Å². The second-order valence-corrected chi connectivity index (χ2v) is 8.76. The van der Waals surface area contributed by atoms with Crippen molar-refractivity contribution in [3.05, 3.63) is 82.4 Å². The van der Waals surface area contributed by atoms with Gasteiger partial charge in [0.15, 0.2) is 11.9 Å². The molecule has 0 radical (unpaired) electrons. The number of esters is 1. The summed E-state index contributed by atoms with van der Waals surface area (Å²) in [6, 6.07) is 18.3. The lowest BCUT2D eigenvalue weighted by Crippen LogP contribution is -2.29. The summed E-state index contributed by atoms with van der Waals surface area (Å²) in [5.74, 6) is -1.14. The zero-order valence-electron chi connectivity index (χ0n) is 18.5. The molecule has 0 fully saturated rings.